The van der Waals surface area contributed by atoms with Gasteiger partial charge in [0.25, 0.3) is 0 Å². The predicted octanol–water partition coefficient (Wildman–Crippen LogP) is 0.875. The first kappa shape index (κ1) is 15.7. The van der Waals surface area contributed by atoms with Crippen molar-refractivity contribution in [2.24, 2.45) is 5.73 Å². The fourth-order valence-corrected chi connectivity index (χ4v) is 3.91. The number of aromatic amines is 1. The second kappa shape index (κ2) is 6.38. The number of nitrogens with zero attached hydrogens (tertiary/aromatic N) is 1. The van der Waals surface area contributed by atoms with Gasteiger partial charge in [-0.2, -0.15) is 5.10 Å². The quantitative estimate of drug-likeness (QED) is 0.737. The molecule has 0 radical (unpaired) electrons. The van der Waals surface area contributed by atoms with Crippen molar-refractivity contribution in [3.8, 4) is 0 Å². The van der Waals surface area contributed by atoms with E-state index in [0.717, 1.165) is 5.56 Å². The lowest BCUT2D eigenvalue weighted by Crippen LogP contribution is -2.41. The molecule has 1 aromatic carbocycles. The van der Waals surface area contributed by atoms with Crippen LogP contribution in [0, 0.1) is 13.8 Å². The SMILES string of the molecule is Cc1n[nH]c(C)c1S(=O)(=O)NC(CN)Cc1ccccc1. The molecule has 1 heterocycles. The molecule has 0 bridgehead atoms. The minimum Gasteiger partial charge on any atom is -0.329 e. The molecule has 1 unspecified atom stereocenters. The largest absolute Gasteiger partial charge is 0.329 e. The molecule has 2 rings (SSSR count). The molecule has 0 fully saturated rings. The number of hydrogen-bond donors (Lipinski definition) is 3. The van der Waals surface area contributed by atoms with E-state index in [9.17, 15) is 8.42 Å². The monoisotopic (exact) mass is 308 g/mol. The molecular formula is C14H20N4O2S. The van der Waals surface area contributed by atoms with Crippen molar-refractivity contribution in [2.45, 2.75) is 31.2 Å². The highest BCUT2D eigenvalue weighted by atomic mass is 32.2. The summed E-state index contributed by atoms with van der Waals surface area (Å²) >= 11 is 0. The highest BCUT2D eigenvalue weighted by molar-refractivity contribution is 7.89. The fourth-order valence-electron chi connectivity index (χ4n) is 2.29. The number of sulfonamides is 1. The number of aromatic nitrogens is 2. The van der Waals surface area contributed by atoms with E-state index in [1.165, 1.54) is 0 Å². The van der Waals surface area contributed by atoms with E-state index in [1.807, 2.05) is 30.3 Å². The van der Waals surface area contributed by atoms with Crippen LogP contribution in [-0.4, -0.2) is 31.2 Å². The third kappa shape index (κ3) is 3.69. The number of H-pyrrole nitrogens is 1. The maximum atomic E-state index is 12.5. The summed E-state index contributed by atoms with van der Waals surface area (Å²) in [5, 5.41) is 6.61. The number of aryl methyl sites for hydroxylation is 2. The van der Waals surface area contributed by atoms with Crippen molar-refractivity contribution >= 4 is 10.0 Å². The molecule has 0 aliphatic heterocycles. The molecule has 0 amide bonds. The second-order valence-corrected chi connectivity index (χ2v) is 6.66. The molecule has 0 aliphatic carbocycles. The van der Waals surface area contributed by atoms with Crippen molar-refractivity contribution in [3.05, 3.63) is 47.3 Å². The van der Waals surface area contributed by atoms with E-state index in [4.69, 9.17) is 5.73 Å². The van der Waals surface area contributed by atoms with E-state index in [0.29, 0.717) is 17.8 Å². The van der Waals surface area contributed by atoms with Gasteiger partial charge >= 0.3 is 0 Å². The van der Waals surface area contributed by atoms with Crippen LogP contribution in [0.3, 0.4) is 0 Å². The van der Waals surface area contributed by atoms with Crippen LogP contribution in [0.5, 0.6) is 0 Å². The third-order valence-electron chi connectivity index (χ3n) is 3.26. The maximum absolute atomic E-state index is 12.5. The topological polar surface area (TPSA) is 101 Å². The van der Waals surface area contributed by atoms with Crippen molar-refractivity contribution in [1.82, 2.24) is 14.9 Å². The standard InChI is InChI=1S/C14H20N4O2S/c1-10-14(11(2)17-16-10)21(19,20)18-13(9-15)8-12-6-4-3-5-7-12/h3-7,13,18H,8-9,15H2,1-2H3,(H,16,17). The zero-order valence-corrected chi connectivity index (χ0v) is 12.9. The van der Waals surface area contributed by atoms with Crippen molar-refractivity contribution in [3.63, 3.8) is 0 Å². The van der Waals surface area contributed by atoms with E-state index < -0.39 is 10.0 Å². The summed E-state index contributed by atoms with van der Waals surface area (Å²) in [6.45, 7) is 3.57. The Hall–Kier alpha value is -1.70. The van der Waals surface area contributed by atoms with E-state index >= 15 is 0 Å². The van der Waals surface area contributed by atoms with Crippen LogP contribution in [0.15, 0.2) is 35.2 Å². The normalized spacial score (nSPS) is 13.3. The van der Waals surface area contributed by atoms with Crippen molar-refractivity contribution in [1.29, 1.82) is 0 Å². The molecule has 0 aliphatic rings. The lowest BCUT2D eigenvalue weighted by molar-refractivity contribution is 0.547. The van der Waals surface area contributed by atoms with Gasteiger partial charge in [0.05, 0.1) is 11.4 Å². The molecular weight excluding hydrogens is 288 g/mol. The van der Waals surface area contributed by atoms with Gasteiger partial charge in [-0.1, -0.05) is 30.3 Å². The Morgan fingerprint density at radius 1 is 1.29 bits per heavy atom. The number of nitrogens with one attached hydrogen (secondary N) is 2. The Bertz CT molecular complexity index is 676. The molecule has 21 heavy (non-hydrogen) atoms. The highest BCUT2D eigenvalue weighted by Crippen LogP contribution is 2.17. The first-order valence-corrected chi connectivity index (χ1v) is 8.20. The minimum atomic E-state index is -3.63. The Morgan fingerprint density at radius 2 is 1.95 bits per heavy atom. The molecule has 0 spiro atoms. The summed E-state index contributed by atoms with van der Waals surface area (Å²) in [6.07, 6.45) is 0.548. The molecule has 7 heteroatoms. The second-order valence-electron chi connectivity index (χ2n) is 5.01. The molecule has 0 saturated carbocycles. The summed E-state index contributed by atoms with van der Waals surface area (Å²) in [5.41, 5.74) is 7.72. The Kier molecular flexibility index (Phi) is 4.76. The van der Waals surface area contributed by atoms with Crippen LogP contribution in [0.4, 0.5) is 0 Å². The van der Waals surface area contributed by atoms with Gasteiger partial charge in [0.15, 0.2) is 0 Å². The molecule has 0 saturated heterocycles. The zero-order chi connectivity index (χ0) is 15.5. The Labute approximate surface area is 124 Å². The summed E-state index contributed by atoms with van der Waals surface area (Å²) < 4.78 is 27.6. The first-order chi connectivity index (χ1) is 9.94. The summed E-state index contributed by atoms with van der Waals surface area (Å²) in [4.78, 5) is 0.203. The van der Waals surface area contributed by atoms with E-state index in [-0.39, 0.29) is 17.5 Å². The molecule has 2 aromatic rings. The lowest BCUT2D eigenvalue weighted by Gasteiger charge is -2.17. The number of rotatable bonds is 6. The van der Waals surface area contributed by atoms with Crippen molar-refractivity contribution < 1.29 is 8.42 Å². The van der Waals surface area contributed by atoms with Crippen LogP contribution in [-0.2, 0) is 16.4 Å². The van der Waals surface area contributed by atoms with Crippen LogP contribution in [0.25, 0.3) is 0 Å². The van der Waals surface area contributed by atoms with Gasteiger partial charge in [0.1, 0.15) is 4.90 Å². The number of hydrogen-bond acceptors (Lipinski definition) is 4. The summed E-state index contributed by atoms with van der Waals surface area (Å²) in [5.74, 6) is 0. The average molecular weight is 308 g/mol. The molecule has 114 valence electrons. The van der Waals surface area contributed by atoms with Crippen LogP contribution in [0.1, 0.15) is 17.0 Å². The smallest absolute Gasteiger partial charge is 0.244 e. The highest BCUT2D eigenvalue weighted by Gasteiger charge is 2.25. The van der Waals surface area contributed by atoms with Gasteiger partial charge in [-0.05, 0) is 25.8 Å². The Morgan fingerprint density at radius 3 is 2.48 bits per heavy atom. The van der Waals surface area contributed by atoms with Crippen LogP contribution in [0.2, 0.25) is 0 Å². The summed E-state index contributed by atoms with van der Waals surface area (Å²) in [7, 11) is -3.63. The van der Waals surface area contributed by atoms with E-state index in [1.54, 1.807) is 13.8 Å². The predicted molar refractivity (Wildman–Crippen MR) is 81.4 cm³/mol. The van der Waals surface area contributed by atoms with Gasteiger partial charge in [-0.15, -0.1) is 0 Å². The van der Waals surface area contributed by atoms with Gasteiger partial charge in [-0.3, -0.25) is 5.10 Å². The lowest BCUT2D eigenvalue weighted by atomic mass is 10.1. The minimum absolute atomic E-state index is 0.203. The first-order valence-electron chi connectivity index (χ1n) is 6.72. The third-order valence-corrected chi connectivity index (χ3v) is 5.04. The van der Waals surface area contributed by atoms with E-state index in [2.05, 4.69) is 14.9 Å². The molecule has 1 atom stereocenters. The van der Waals surface area contributed by atoms with Crippen molar-refractivity contribution in [2.75, 3.05) is 6.54 Å². The molecule has 4 N–H and O–H groups in total. The average Bonchev–Trinajstić information content (AvgIpc) is 2.79. The van der Waals surface area contributed by atoms with Gasteiger partial charge in [0, 0.05) is 12.6 Å². The molecule has 1 aromatic heterocycles. The maximum Gasteiger partial charge on any atom is 0.244 e. The molecule has 6 nitrogen and oxygen atoms in total. The van der Waals surface area contributed by atoms with Gasteiger partial charge in [0.2, 0.25) is 10.0 Å². The van der Waals surface area contributed by atoms with Crippen LogP contribution < -0.4 is 10.5 Å². The van der Waals surface area contributed by atoms with Gasteiger partial charge in [-0.25, -0.2) is 13.1 Å². The van der Waals surface area contributed by atoms with Gasteiger partial charge < -0.3 is 5.73 Å². The fraction of sp³-hybridized carbons (Fsp3) is 0.357. The Balaban J connectivity index is 2.18. The zero-order valence-electron chi connectivity index (χ0n) is 12.1. The van der Waals surface area contributed by atoms with Crippen LogP contribution >= 0.6 is 0 Å². The number of nitrogens with two attached hydrogens (primary N) is 1. The summed E-state index contributed by atoms with van der Waals surface area (Å²) in [6, 6.07) is 9.30. The number of benzene rings is 1.